The van der Waals surface area contributed by atoms with E-state index in [1.165, 1.54) is 5.69 Å². The minimum absolute atomic E-state index is 0.0129. The zero-order valence-corrected chi connectivity index (χ0v) is 27.1. The van der Waals surface area contributed by atoms with Gasteiger partial charge in [-0.15, -0.1) is 0 Å². The summed E-state index contributed by atoms with van der Waals surface area (Å²) in [5.74, 6) is 1.43. The molecule has 0 saturated carbocycles. The molecule has 1 amide bonds. The number of aromatic nitrogens is 2. The Morgan fingerprint density at radius 3 is 2.13 bits per heavy atom. The van der Waals surface area contributed by atoms with Crippen molar-refractivity contribution in [3.8, 4) is 11.5 Å². The van der Waals surface area contributed by atoms with Crippen LogP contribution in [0.4, 0.5) is 5.69 Å². The van der Waals surface area contributed by atoms with Gasteiger partial charge in [-0.1, -0.05) is 19.1 Å². The topological polar surface area (TPSA) is 83.1 Å². The first-order valence-electron chi connectivity index (χ1n) is 16.3. The molecule has 4 heterocycles. The summed E-state index contributed by atoms with van der Waals surface area (Å²) in [4.78, 5) is 29.6. The van der Waals surface area contributed by atoms with Crippen molar-refractivity contribution in [3.05, 3.63) is 113 Å². The van der Waals surface area contributed by atoms with Crippen LogP contribution in [0.15, 0.2) is 85.5 Å². The number of hydrogen-bond donors (Lipinski definition) is 1. The summed E-state index contributed by atoms with van der Waals surface area (Å²) in [6, 6.07) is 20.3. The molecule has 1 fully saturated rings. The van der Waals surface area contributed by atoms with Gasteiger partial charge in [-0.3, -0.25) is 14.8 Å². The number of pyridine rings is 2. The van der Waals surface area contributed by atoms with Crippen LogP contribution in [-0.2, 0) is 6.54 Å². The molecule has 1 atom stereocenters. The van der Waals surface area contributed by atoms with Gasteiger partial charge in [-0.2, -0.15) is 0 Å². The molecule has 0 unspecified atom stereocenters. The van der Waals surface area contributed by atoms with Crippen molar-refractivity contribution < 1.29 is 14.3 Å². The molecule has 4 aromatic rings. The highest BCUT2D eigenvalue weighted by Crippen LogP contribution is 2.40. The van der Waals surface area contributed by atoms with Crippen LogP contribution in [0.1, 0.15) is 64.5 Å². The van der Waals surface area contributed by atoms with Crippen molar-refractivity contribution in [3.63, 3.8) is 0 Å². The summed E-state index contributed by atoms with van der Waals surface area (Å²) in [7, 11) is 3.30. The fourth-order valence-corrected chi connectivity index (χ4v) is 6.84. The molecule has 2 aliphatic heterocycles. The van der Waals surface area contributed by atoms with Gasteiger partial charge in [0.15, 0.2) is 11.5 Å². The quantitative estimate of drug-likeness (QED) is 0.197. The van der Waals surface area contributed by atoms with Crippen LogP contribution < -0.4 is 19.7 Å². The maximum atomic E-state index is 14.1. The van der Waals surface area contributed by atoms with Crippen LogP contribution >= 0.6 is 0 Å². The molecule has 46 heavy (non-hydrogen) atoms. The van der Waals surface area contributed by atoms with Gasteiger partial charge in [0.25, 0.3) is 5.91 Å². The Morgan fingerprint density at radius 2 is 1.50 bits per heavy atom. The minimum Gasteiger partial charge on any atom is -0.493 e. The molecular weight excluding hydrogens is 576 g/mol. The molecule has 6 rings (SSSR count). The number of ether oxygens (including phenoxy) is 2. The molecule has 1 saturated heterocycles. The number of likely N-dealkylation sites (N-methyl/N-ethyl adjacent to an activating group) is 1. The summed E-state index contributed by atoms with van der Waals surface area (Å²) < 4.78 is 11.2. The van der Waals surface area contributed by atoms with Crippen molar-refractivity contribution in [2.45, 2.75) is 38.4 Å². The smallest absolute Gasteiger partial charge is 0.255 e. The Bertz CT molecular complexity index is 1550. The van der Waals surface area contributed by atoms with E-state index >= 15 is 0 Å². The highest BCUT2D eigenvalue weighted by molar-refractivity contribution is 6.00. The molecular formula is C37H44N6O3. The lowest BCUT2D eigenvalue weighted by molar-refractivity contribution is 0.0689. The SMILES string of the molecule is CCN1CCN(c2cccc3c2CN([C@H](CCCNC(c2ccncc2)c2ccncc2)c2ccc(OC)c(OC)c2)C3=O)CC1. The number of piperazine rings is 1. The van der Waals surface area contributed by atoms with E-state index in [0.717, 1.165) is 79.9 Å². The van der Waals surface area contributed by atoms with Gasteiger partial charge >= 0.3 is 0 Å². The number of fused-ring (bicyclic) bond motifs is 1. The maximum absolute atomic E-state index is 14.1. The van der Waals surface area contributed by atoms with E-state index in [1.54, 1.807) is 14.2 Å². The number of nitrogens with one attached hydrogen (secondary N) is 1. The molecule has 2 aromatic heterocycles. The van der Waals surface area contributed by atoms with Gasteiger partial charge in [0.1, 0.15) is 0 Å². The number of benzene rings is 2. The monoisotopic (exact) mass is 620 g/mol. The van der Waals surface area contributed by atoms with Gasteiger partial charge in [0.2, 0.25) is 0 Å². The molecule has 2 aliphatic rings. The highest BCUT2D eigenvalue weighted by Gasteiger charge is 2.36. The molecule has 0 radical (unpaired) electrons. The third kappa shape index (κ3) is 6.71. The average molecular weight is 621 g/mol. The molecule has 9 heteroatoms. The van der Waals surface area contributed by atoms with E-state index in [0.29, 0.717) is 18.0 Å². The number of carbonyl (C=O) groups is 1. The van der Waals surface area contributed by atoms with Crippen molar-refractivity contribution in [1.29, 1.82) is 0 Å². The first kappa shape index (κ1) is 31.5. The number of nitrogens with zero attached hydrogens (tertiary/aromatic N) is 5. The summed E-state index contributed by atoms with van der Waals surface area (Å²) in [6.45, 7) is 8.66. The molecule has 2 aromatic carbocycles. The van der Waals surface area contributed by atoms with Crippen LogP contribution in [0, 0.1) is 0 Å². The van der Waals surface area contributed by atoms with Gasteiger partial charge in [-0.05, 0) is 91.2 Å². The normalized spacial score (nSPS) is 15.7. The molecule has 240 valence electrons. The van der Waals surface area contributed by atoms with E-state index in [9.17, 15) is 4.79 Å². The number of anilines is 1. The zero-order chi connectivity index (χ0) is 31.9. The lowest BCUT2D eigenvalue weighted by Gasteiger charge is -2.36. The second kappa shape index (κ2) is 14.7. The van der Waals surface area contributed by atoms with E-state index in [2.05, 4.69) is 49.0 Å². The lowest BCUT2D eigenvalue weighted by Crippen LogP contribution is -2.46. The van der Waals surface area contributed by atoms with Crippen molar-refractivity contribution in [1.82, 2.24) is 25.1 Å². The minimum atomic E-state index is -0.133. The first-order valence-corrected chi connectivity index (χ1v) is 16.3. The third-order valence-corrected chi connectivity index (χ3v) is 9.38. The third-order valence-electron chi connectivity index (χ3n) is 9.38. The summed E-state index contributed by atoms with van der Waals surface area (Å²) >= 11 is 0. The van der Waals surface area contributed by atoms with Crippen LogP contribution in [0.2, 0.25) is 0 Å². The number of rotatable bonds is 13. The average Bonchev–Trinajstić information content (AvgIpc) is 3.46. The Hall–Kier alpha value is -4.47. The number of methoxy groups -OCH3 is 2. The van der Waals surface area contributed by atoms with Crippen molar-refractivity contribution in [2.75, 3.05) is 58.4 Å². The first-order chi connectivity index (χ1) is 22.6. The molecule has 1 N–H and O–H groups in total. The Labute approximate surface area is 272 Å². The lowest BCUT2D eigenvalue weighted by atomic mass is 9.98. The predicted molar refractivity (Wildman–Crippen MR) is 180 cm³/mol. The Morgan fingerprint density at radius 1 is 0.826 bits per heavy atom. The fourth-order valence-electron chi connectivity index (χ4n) is 6.84. The van der Waals surface area contributed by atoms with Crippen molar-refractivity contribution in [2.24, 2.45) is 0 Å². The zero-order valence-electron chi connectivity index (χ0n) is 27.1. The molecule has 0 spiro atoms. The molecule has 9 nitrogen and oxygen atoms in total. The van der Waals surface area contributed by atoms with Crippen molar-refractivity contribution >= 4 is 11.6 Å². The Kier molecular flexibility index (Phi) is 10.1. The van der Waals surface area contributed by atoms with Gasteiger partial charge in [0.05, 0.1) is 26.3 Å². The number of carbonyl (C=O) groups excluding carboxylic acids is 1. The van der Waals surface area contributed by atoms with Crippen LogP contribution in [0.5, 0.6) is 11.5 Å². The van der Waals surface area contributed by atoms with Crippen LogP contribution in [-0.4, -0.2) is 79.2 Å². The summed E-state index contributed by atoms with van der Waals surface area (Å²) in [5.41, 5.74) is 6.47. The largest absolute Gasteiger partial charge is 0.493 e. The van der Waals surface area contributed by atoms with E-state index in [1.807, 2.05) is 73.3 Å². The van der Waals surface area contributed by atoms with Gasteiger partial charge in [0, 0.05) is 74.3 Å². The summed E-state index contributed by atoms with van der Waals surface area (Å²) in [6.07, 6.45) is 8.95. The standard InChI is InChI=1S/C37H44N6O3/c1-4-41-21-23-42(24-22-41)33-8-5-7-30-31(33)26-43(37(30)44)32(29-10-11-34(45-2)35(25-29)46-3)9-6-16-40-36(27-12-17-38-18-13-27)28-14-19-39-20-15-28/h5,7-8,10-15,17-20,25,32,36,40H,4,6,9,16,21-24,26H2,1-3H3/t32-/m1/s1. The molecule has 0 aliphatic carbocycles. The van der Waals surface area contributed by atoms with E-state index in [-0.39, 0.29) is 18.0 Å². The number of hydrogen-bond acceptors (Lipinski definition) is 8. The predicted octanol–water partition coefficient (Wildman–Crippen LogP) is 5.49. The van der Waals surface area contributed by atoms with Crippen LogP contribution in [0.3, 0.4) is 0 Å². The second-order valence-electron chi connectivity index (χ2n) is 11.9. The maximum Gasteiger partial charge on any atom is 0.255 e. The number of amides is 1. The fraction of sp³-hybridized carbons (Fsp3) is 0.378. The van der Waals surface area contributed by atoms with Gasteiger partial charge < -0.3 is 29.5 Å². The Balaban J connectivity index is 1.24. The summed E-state index contributed by atoms with van der Waals surface area (Å²) in [5, 5.41) is 3.77. The van der Waals surface area contributed by atoms with E-state index < -0.39 is 0 Å². The van der Waals surface area contributed by atoms with Crippen LogP contribution in [0.25, 0.3) is 0 Å². The molecule has 0 bridgehead atoms. The van der Waals surface area contributed by atoms with Gasteiger partial charge in [-0.25, -0.2) is 0 Å². The highest BCUT2D eigenvalue weighted by atomic mass is 16.5. The van der Waals surface area contributed by atoms with E-state index in [4.69, 9.17) is 9.47 Å². The second-order valence-corrected chi connectivity index (χ2v) is 11.9.